The van der Waals surface area contributed by atoms with Crippen molar-refractivity contribution >= 4 is 25.7 Å². The first kappa shape index (κ1) is 39.6. The topological polar surface area (TPSA) is 136 Å². The van der Waals surface area contributed by atoms with Gasteiger partial charge in [0.25, 0.3) is 0 Å². The number of hydrogen-bond donors (Lipinski definition) is 2. The number of aliphatic hydroxyl groups is 2. The molecular weight excluding hydrogens is 547 g/mol. The van der Waals surface area contributed by atoms with Crippen LogP contribution in [0.4, 0.5) is 0 Å². The van der Waals surface area contributed by atoms with Crippen LogP contribution in [0.25, 0.3) is 0 Å². The Balaban J connectivity index is 4.34. The summed E-state index contributed by atoms with van der Waals surface area (Å²) < 4.78 is 27.1. The van der Waals surface area contributed by atoms with Crippen LogP contribution in [0.2, 0.25) is 0 Å². The largest absolute Gasteiger partial charge is 0.653 e. The Morgan fingerprint density at radius 3 is 1.12 bits per heavy atom. The average Bonchev–Trinajstić information content (AvgIpc) is 2.93. The predicted octanol–water partition coefficient (Wildman–Crippen LogP) is 8.48. The van der Waals surface area contributed by atoms with Crippen LogP contribution in [0, 0.1) is 0 Å². The van der Waals surface area contributed by atoms with Crippen molar-refractivity contribution < 1.29 is 42.7 Å². The molecule has 1 unspecified atom stereocenters. The molecule has 0 bridgehead atoms. The Morgan fingerprint density at radius 2 is 0.829 bits per heavy atom. The maximum absolute atomic E-state index is 12.9. The molecule has 242 valence electrons. The molecule has 0 fully saturated rings. The van der Waals surface area contributed by atoms with E-state index in [0.29, 0.717) is 12.8 Å². The van der Waals surface area contributed by atoms with Gasteiger partial charge in [0.1, 0.15) is 0 Å². The van der Waals surface area contributed by atoms with E-state index in [0.717, 1.165) is 51.4 Å². The van der Waals surface area contributed by atoms with E-state index in [1.165, 1.54) is 77.0 Å². The van der Waals surface area contributed by atoms with Gasteiger partial charge in [0.2, 0.25) is 0 Å². The summed E-state index contributed by atoms with van der Waals surface area (Å²) in [6.07, 6.45) is 22.0. The van der Waals surface area contributed by atoms with Gasteiger partial charge in [-0.05, 0) is 12.8 Å². The van der Waals surface area contributed by atoms with Crippen LogP contribution < -0.4 is 0 Å². The molecule has 0 aliphatic carbocycles. The van der Waals surface area contributed by atoms with Gasteiger partial charge in [-0.2, -0.15) is 4.57 Å². The second kappa shape index (κ2) is 27.4. The number of aliphatic hydroxyl groups excluding tert-OH is 2. The predicted molar refractivity (Wildman–Crippen MR) is 161 cm³/mol. The van der Waals surface area contributed by atoms with E-state index in [1.54, 1.807) is 0 Å². The van der Waals surface area contributed by atoms with Crippen molar-refractivity contribution in [3.05, 3.63) is 0 Å². The highest BCUT2D eigenvalue weighted by atomic mass is 31.2. The zero-order valence-electron chi connectivity index (χ0n) is 26.0. The Bertz CT molecular complexity index is 670. The molecule has 0 rings (SSSR count). The van der Waals surface area contributed by atoms with Gasteiger partial charge < -0.3 is 23.8 Å². The van der Waals surface area contributed by atoms with Gasteiger partial charge in [0, 0.05) is 12.8 Å². The lowest BCUT2D eigenvalue weighted by Crippen LogP contribution is -2.27. The van der Waals surface area contributed by atoms with E-state index in [9.17, 15) is 24.1 Å². The number of carbonyl (C=O) groups excluding carboxylic acids is 3. The average molecular weight is 607 g/mol. The van der Waals surface area contributed by atoms with Crippen molar-refractivity contribution in [2.24, 2.45) is 0 Å². The third-order valence-corrected chi connectivity index (χ3v) is 8.30. The minimum atomic E-state index is -4.94. The first-order chi connectivity index (χ1) is 19.8. The van der Waals surface area contributed by atoms with Gasteiger partial charge in [-0.3, -0.25) is 9.59 Å². The lowest BCUT2D eigenvalue weighted by molar-refractivity contribution is -0.151. The summed E-state index contributed by atoms with van der Waals surface area (Å²) in [5, 5.41) is 18.4. The molecule has 10 heteroatoms. The minimum Gasteiger partial charge on any atom is -0.393 e. The number of hydrogen-bond acceptors (Lipinski definition) is 9. The summed E-state index contributed by atoms with van der Waals surface area (Å²) in [7, 11) is -4.94. The maximum Gasteiger partial charge on any atom is 0.653 e. The molecule has 2 N–H and O–H groups in total. The summed E-state index contributed by atoms with van der Waals surface area (Å²) in [6, 6.07) is 0. The highest BCUT2D eigenvalue weighted by Crippen LogP contribution is 2.50. The molecule has 1 atom stereocenters. The molecule has 9 nitrogen and oxygen atoms in total. The molecule has 0 amide bonds. The summed E-state index contributed by atoms with van der Waals surface area (Å²) in [5.41, 5.74) is 0. The molecule has 41 heavy (non-hydrogen) atoms. The van der Waals surface area contributed by atoms with E-state index in [2.05, 4.69) is 18.4 Å². The van der Waals surface area contributed by atoms with Crippen molar-refractivity contribution in [3.8, 4) is 0 Å². The molecule has 0 aromatic rings. The first-order valence-corrected chi connectivity index (χ1v) is 17.8. The van der Waals surface area contributed by atoms with Crippen LogP contribution in [0.1, 0.15) is 168 Å². The SMILES string of the molecule is CCCCCCCCCCCCCC(=O)OP(=O)(OC(=O)CCCCCCCCCCCCC)OC(=O)C(O)CO. The van der Waals surface area contributed by atoms with Crippen molar-refractivity contribution in [1.82, 2.24) is 0 Å². The monoisotopic (exact) mass is 606 g/mol. The Labute approximate surface area is 249 Å². The van der Waals surface area contributed by atoms with Gasteiger partial charge in [-0.15, -0.1) is 0 Å². The lowest BCUT2D eigenvalue weighted by Gasteiger charge is -2.17. The summed E-state index contributed by atoms with van der Waals surface area (Å²) in [5.74, 6) is -3.34. The summed E-state index contributed by atoms with van der Waals surface area (Å²) in [6.45, 7) is 3.42. The smallest absolute Gasteiger partial charge is 0.393 e. The van der Waals surface area contributed by atoms with Crippen LogP contribution in [-0.4, -0.2) is 40.8 Å². The van der Waals surface area contributed by atoms with Gasteiger partial charge >= 0.3 is 25.7 Å². The molecule has 0 saturated heterocycles. The third kappa shape index (κ3) is 24.8. The van der Waals surface area contributed by atoms with E-state index in [1.807, 2.05) is 0 Å². The number of rotatable bonds is 29. The van der Waals surface area contributed by atoms with Crippen molar-refractivity contribution in [2.75, 3.05) is 6.61 Å². The van der Waals surface area contributed by atoms with Crippen LogP contribution in [0.3, 0.4) is 0 Å². The van der Waals surface area contributed by atoms with E-state index >= 15 is 0 Å². The molecule has 0 spiro atoms. The summed E-state index contributed by atoms with van der Waals surface area (Å²) >= 11 is 0. The van der Waals surface area contributed by atoms with Crippen LogP contribution in [-0.2, 0) is 32.5 Å². The number of unbranched alkanes of at least 4 members (excludes halogenated alkanes) is 20. The molecule has 0 heterocycles. The normalized spacial score (nSPS) is 12.2. The van der Waals surface area contributed by atoms with Crippen molar-refractivity contribution in [3.63, 3.8) is 0 Å². The number of phosphoric ester groups is 1. The second-order valence-corrected chi connectivity index (χ2v) is 12.5. The molecule has 0 aliphatic heterocycles. The fourth-order valence-electron chi connectivity index (χ4n) is 4.51. The fourth-order valence-corrected chi connectivity index (χ4v) is 5.64. The fraction of sp³-hybridized carbons (Fsp3) is 0.903. The van der Waals surface area contributed by atoms with E-state index < -0.39 is 38.4 Å². The standard InChI is InChI=1S/C31H59O9P/c1-3-5-7-9-11-13-15-17-19-21-23-25-29(34)38-41(37,40-31(36)28(33)27-32)39-30(35)26-24-22-20-18-16-14-12-10-8-6-4-2/h28,32-33H,3-27H2,1-2H3. The Kier molecular flexibility index (Phi) is 26.4. The quantitative estimate of drug-likeness (QED) is 0.0634. The van der Waals surface area contributed by atoms with Crippen molar-refractivity contribution in [1.29, 1.82) is 0 Å². The van der Waals surface area contributed by atoms with Crippen molar-refractivity contribution in [2.45, 2.75) is 174 Å². The number of carbonyl (C=O) groups is 3. The highest BCUT2D eigenvalue weighted by Gasteiger charge is 2.40. The molecule has 0 aromatic carbocycles. The van der Waals surface area contributed by atoms with E-state index in [-0.39, 0.29) is 12.8 Å². The molecule has 0 aliphatic rings. The zero-order chi connectivity index (χ0) is 30.6. The Hall–Kier alpha value is -1.44. The highest BCUT2D eigenvalue weighted by molar-refractivity contribution is 7.50. The third-order valence-electron chi connectivity index (χ3n) is 7.04. The maximum atomic E-state index is 12.9. The van der Waals surface area contributed by atoms with Gasteiger partial charge in [0.15, 0.2) is 6.10 Å². The van der Waals surface area contributed by atoms with Crippen LogP contribution in [0.15, 0.2) is 0 Å². The molecule has 0 aromatic heterocycles. The second-order valence-electron chi connectivity index (χ2n) is 11.1. The van der Waals surface area contributed by atoms with Gasteiger partial charge in [-0.1, -0.05) is 142 Å². The summed E-state index contributed by atoms with van der Waals surface area (Å²) in [4.78, 5) is 36.5. The Morgan fingerprint density at radius 1 is 0.537 bits per heavy atom. The molecule has 0 radical (unpaired) electrons. The molecular formula is C31H59O9P. The van der Waals surface area contributed by atoms with Gasteiger partial charge in [0.05, 0.1) is 6.61 Å². The van der Waals surface area contributed by atoms with E-state index in [4.69, 9.17) is 14.2 Å². The van der Waals surface area contributed by atoms with Crippen LogP contribution in [0.5, 0.6) is 0 Å². The van der Waals surface area contributed by atoms with Crippen LogP contribution >= 0.6 is 7.82 Å². The lowest BCUT2D eigenvalue weighted by atomic mass is 10.1. The molecule has 0 saturated carbocycles. The first-order valence-electron chi connectivity index (χ1n) is 16.3. The zero-order valence-corrected chi connectivity index (χ0v) is 26.8. The minimum absolute atomic E-state index is 0.0722. The van der Waals surface area contributed by atoms with Gasteiger partial charge in [-0.25, -0.2) is 4.79 Å². The number of phosphoric acid groups is 1.